The largest absolute Gasteiger partial charge is 0.292 e. The maximum absolute atomic E-state index is 12.0. The molecule has 2 aromatic heterocycles. The summed E-state index contributed by atoms with van der Waals surface area (Å²) in [5.41, 5.74) is 3.01. The molecular formula is C9H12N6O2S2. The first-order chi connectivity index (χ1) is 8.92. The second-order valence-electron chi connectivity index (χ2n) is 3.65. The van der Waals surface area contributed by atoms with Crippen molar-refractivity contribution >= 4 is 32.4 Å². The number of aromatic nitrogens is 3. The van der Waals surface area contributed by atoms with Crippen molar-refractivity contribution in [1.29, 1.82) is 0 Å². The summed E-state index contributed by atoms with van der Waals surface area (Å²) in [6, 6.07) is 0. The predicted molar refractivity (Wildman–Crippen MR) is 72.2 cm³/mol. The predicted octanol–water partition coefficient (Wildman–Crippen LogP) is 0.636. The molecule has 0 aliphatic rings. The molecule has 4 N–H and O–H groups in total. The van der Waals surface area contributed by atoms with Gasteiger partial charge in [-0.05, 0) is 13.8 Å². The van der Waals surface area contributed by atoms with Crippen molar-refractivity contribution in [3.05, 3.63) is 23.0 Å². The van der Waals surface area contributed by atoms with Crippen LogP contribution in [0, 0.1) is 13.8 Å². The minimum Gasteiger partial charge on any atom is -0.292 e. The number of anilines is 2. The highest BCUT2D eigenvalue weighted by Crippen LogP contribution is 2.23. The molecule has 0 unspecified atom stereocenters. The summed E-state index contributed by atoms with van der Waals surface area (Å²) in [5, 5.41) is 0.316. The highest BCUT2D eigenvalue weighted by Gasteiger charge is 2.17. The first-order valence-electron chi connectivity index (χ1n) is 5.18. The fourth-order valence-electron chi connectivity index (χ4n) is 1.22. The van der Waals surface area contributed by atoms with Gasteiger partial charge in [-0.25, -0.2) is 29.2 Å². The lowest BCUT2D eigenvalue weighted by Crippen LogP contribution is -2.15. The second kappa shape index (κ2) is 5.07. The van der Waals surface area contributed by atoms with E-state index in [9.17, 15) is 8.42 Å². The lowest BCUT2D eigenvalue weighted by molar-refractivity contribution is 0.600. The molecule has 0 aliphatic heterocycles. The van der Waals surface area contributed by atoms with E-state index in [0.29, 0.717) is 5.13 Å². The van der Waals surface area contributed by atoms with Gasteiger partial charge in [0.2, 0.25) is 5.95 Å². The Morgan fingerprint density at radius 1 is 1.26 bits per heavy atom. The third kappa shape index (κ3) is 2.97. The van der Waals surface area contributed by atoms with Gasteiger partial charge in [0.15, 0.2) is 5.13 Å². The molecule has 0 bridgehead atoms. The minimum absolute atomic E-state index is 0.0583. The fourth-order valence-corrected chi connectivity index (χ4v) is 3.16. The van der Waals surface area contributed by atoms with Crippen molar-refractivity contribution in [3.8, 4) is 0 Å². The number of nitrogens with two attached hydrogens (primary N) is 1. The fraction of sp³-hybridized carbons (Fsp3) is 0.222. The van der Waals surface area contributed by atoms with Crippen molar-refractivity contribution in [2.24, 2.45) is 5.84 Å². The van der Waals surface area contributed by atoms with Crippen molar-refractivity contribution in [2.45, 2.75) is 18.7 Å². The Labute approximate surface area is 114 Å². The lowest BCUT2D eigenvalue weighted by atomic mass is 10.4. The van der Waals surface area contributed by atoms with Crippen LogP contribution in [0.2, 0.25) is 0 Å². The average Bonchev–Trinajstić information content (AvgIpc) is 2.67. The second-order valence-corrected chi connectivity index (χ2v) is 6.54. The first-order valence-corrected chi connectivity index (χ1v) is 7.48. The van der Waals surface area contributed by atoms with E-state index in [4.69, 9.17) is 5.84 Å². The Morgan fingerprint density at radius 3 is 2.37 bits per heavy atom. The number of nitrogens with one attached hydrogen (secondary N) is 2. The first kappa shape index (κ1) is 13.6. The third-order valence-electron chi connectivity index (χ3n) is 2.32. The van der Waals surface area contributed by atoms with Crippen LogP contribution in [0.25, 0.3) is 0 Å². The Bertz CT molecular complexity index is 660. The van der Waals surface area contributed by atoms with Crippen LogP contribution >= 0.6 is 11.3 Å². The van der Waals surface area contributed by atoms with E-state index in [1.807, 2.05) is 13.8 Å². The molecule has 0 amide bonds. The Kier molecular flexibility index (Phi) is 3.64. The van der Waals surface area contributed by atoms with Crippen LogP contribution in [0.4, 0.5) is 11.1 Å². The summed E-state index contributed by atoms with van der Waals surface area (Å²) in [7, 11) is -3.74. The zero-order chi connectivity index (χ0) is 14.0. The molecule has 0 aliphatic carbocycles. The molecule has 10 heteroatoms. The molecule has 102 valence electrons. The van der Waals surface area contributed by atoms with Gasteiger partial charge in [0, 0.05) is 4.88 Å². The van der Waals surface area contributed by atoms with Gasteiger partial charge in [0.1, 0.15) is 4.90 Å². The van der Waals surface area contributed by atoms with E-state index in [1.165, 1.54) is 11.3 Å². The molecular weight excluding hydrogens is 288 g/mol. The van der Waals surface area contributed by atoms with Crippen LogP contribution in [-0.2, 0) is 10.0 Å². The number of aryl methyl sites for hydroxylation is 2. The summed E-state index contributed by atoms with van der Waals surface area (Å²) < 4.78 is 26.5. The number of hydrogen-bond acceptors (Lipinski definition) is 8. The van der Waals surface area contributed by atoms with Gasteiger partial charge < -0.3 is 0 Å². The van der Waals surface area contributed by atoms with Gasteiger partial charge in [0.05, 0.1) is 18.1 Å². The van der Waals surface area contributed by atoms with Gasteiger partial charge in [-0.1, -0.05) is 0 Å². The summed E-state index contributed by atoms with van der Waals surface area (Å²) in [4.78, 5) is 12.5. The molecule has 0 spiro atoms. The number of hydrazine groups is 1. The Morgan fingerprint density at radius 2 is 1.89 bits per heavy atom. The van der Waals surface area contributed by atoms with Gasteiger partial charge in [-0.15, -0.1) is 11.3 Å². The van der Waals surface area contributed by atoms with E-state index in [-0.39, 0.29) is 10.8 Å². The van der Waals surface area contributed by atoms with E-state index in [2.05, 4.69) is 25.1 Å². The summed E-state index contributed by atoms with van der Waals surface area (Å²) in [6.07, 6.45) is 2.33. The molecule has 0 aromatic carbocycles. The van der Waals surface area contributed by atoms with E-state index in [0.717, 1.165) is 23.0 Å². The van der Waals surface area contributed by atoms with Crippen LogP contribution in [-0.4, -0.2) is 23.4 Å². The van der Waals surface area contributed by atoms with Crippen LogP contribution in [0.5, 0.6) is 0 Å². The number of thiazole rings is 1. The smallest absolute Gasteiger partial charge is 0.266 e. The SMILES string of the molecule is Cc1nc(NS(=O)(=O)c2cnc(NN)nc2)sc1C. The molecule has 0 atom stereocenters. The summed E-state index contributed by atoms with van der Waals surface area (Å²) in [5.74, 6) is 5.24. The zero-order valence-corrected chi connectivity index (χ0v) is 11.8. The normalized spacial score (nSPS) is 11.3. The van der Waals surface area contributed by atoms with E-state index >= 15 is 0 Å². The quantitative estimate of drug-likeness (QED) is 0.559. The Balaban J connectivity index is 2.26. The van der Waals surface area contributed by atoms with E-state index < -0.39 is 10.0 Å². The molecule has 8 nitrogen and oxygen atoms in total. The zero-order valence-electron chi connectivity index (χ0n) is 10.2. The molecule has 0 saturated carbocycles. The monoisotopic (exact) mass is 300 g/mol. The van der Waals surface area contributed by atoms with Crippen molar-refractivity contribution in [1.82, 2.24) is 15.0 Å². The van der Waals surface area contributed by atoms with Crippen LogP contribution < -0.4 is 16.0 Å². The lowest BCUT2D eigenvalue weighted by Gasteiger charge is -2.04. The topological polar surface area (TPSA) is 123 Å². The summed E-state index contributed by atoms with van der Waals surface area (Å²) in [6.45, 7) is 3.68. The van der Waals surface area contributed by atoms with Crippen molar-refractivity contribution in [3.63, 3.8) is 0 Å². The maximum Gasteiger partial charge on any atom is 0.266 e. The minimum atomic E-state index is -3.74. The molecule has 0 saturated heterocycles. The van der Waals surface area contributed by atoms with Gasteiger partial charge in [0.25, 0.3) is 10.0 Å². The molecule has 2 aromatic rings. The number of hydrogen-bond donors (Lipinski definition) is 3. The third-order valence-corrected chi connectivity index (χ3v) is 4.73. The standard InChI is InChI=1S/C9H12N6O2S2/c1-5-6(2)18-9(13-5)15-19(16,17)7-3-11-8(14-10)12-4-7/h3-4H,10H2,1-2H3,(H,13,15)(H,11,12,14). The average molecular weight is 300 g/mol. The number of rotatable bonds is 4. The molecule has 2 heterocycles. The highest BCUT2D eigenvalue weighted by atomic mass is 32.2. The van der Waals surface area contributed by atoms with Crippen LogP contribution in [0.3, 0.4) is 0 Å². The van der Waals surface area contributed by atoms with Gasteiger partial charge in [-0.2, -0.15) is 0 Å². The highest BCUT2D eigenvalue weighted by molar-refractivity contribution is 7.93. The van der Waals surface area contributed by atoms with Gasteiger partial charge in [-0.3, -0.25) is 10.1 Å². The van der Waals surface area contributed by atoms with Crippen molar-refractivity contribution in [2.75, 3.05) is 10.1 Å². The van der Waals surface area contributed by atoms with Gasteiger partial charge >= 0.3 is 0 Å². The molecule has 0 radical (unpaired) electrons. The molecule has 0 fully saturated rings. The van der Waals surface area contributed by atoms with Crippen molar-refractivity contribution < 1.29 is 8.42 Å². The maximum atomic E-state index is 12.0. The number of sulfonamides is 1. The summed E-state index contributed by atoms with van der Waals surface area (Å²) >= 11 is 1.27. The Hall–Kier alpha value is -1.78. The van der Waals surface area contributed by atoms with E-state index in [1.54, 1.807) is 0 Å². The molecule has 19 heavy (non-hydrogen) atoms. The van der Waals surface area contributed by atoms with Crippen LogP contribution in [0.15, 0.2) is 17.3 Å². The molecule has 2 rings (SSSR count). The van der Waals surface area contributed by atoms with Crippen LogP contribution in [0.1, 0.15) is 10.6 Å². The number of nitrogens with zero attached hydrogens (tertiary/aromatic N) is 3. The number of nitrogen functional groups attached to an aromatic ring is 1.